The molecule has 7 heteroatoms. The number of aliphatic hydroxyl groups excluding tert-OH is 1. The van der Waals surface area contributed by atoms with Crippen LogP contribution in [-0.2, 0) is 0 Å². The maximum atomic E-state index is 12.1. The Labute approximate surface area is 118 Å². The summed E-state index contributed by atoms with van der Waals surface area (Å²) in [5, 5.41) is 12.4. The van der Waals surface area contributed by atoms with Crippen molar-refractivity contribution in [1.29, 1.82) is 0 Å². The van der Waals surface area contributed by atoms with Gasteiger partial charge in [0.15, 0.2) is 0 Å². The minimum absolute atomic E-state index is 0.0410. The molecule has 0 radical (unpaired) electrons. The van der Waals surface area contributed by atoms with Crippen LogP contribution < -0.4 is 5.32 Å². The number of rotatable bonds is 4. The summed E-state index contributed by atoms with van der Waals surface area (Å²) in [6.45, 7) is 1.26. The normalized spacial score (nSPS) is 12.4. The summed E-state index contributed by atoms with van der Waals surface area (Å²) in [4.78, 5) is 12.4. The van der Waals surface area contributed by atoms with Crippen LogP contribution in [0.15, 0.2) is 11.4 Å². The van der Waals surface area contributed by atoms with E-state index in [-0.39, 0.29) is 12.2 Å². The van der Waals surface area contributed by atoms with Gasteiger partial charge in [0, 0.05) is 17.8 Å². The molecule has 0 aliphatic heterocycles. The Kier molecular flexibility index (Phi) is 6.05. The molecule has 1 unspecified atom stereocenters. The molecule has 0 saturated heterocycles. The van der Waals surface area contributed by atoms with E-state index in [9.17, 15) is 18.0 Å². The third kappa shape index (κ3) is 6.08. The second-order valence-corrected chi connectivity index (χ2v) is 5.08. The van der Waals surface area contributed by atoms with Gasteiger partial charge < -0.3 is 10.4 Å². The van der Waals surface area contributed by atoms with Crippen LogP contribution in [0.2, 0.25) is 0 Å². The fourth-order valence-corrected chi connectivity index (χ4v) is 2.19. The molecule has 1 aromatic heterocycles. The molecule has 1 atom stereocenters. The van der Waals surface area contributed by atoms with Gasteiger partial charge in [0.05, 0.1) is 23.5 Å². The van der Waals surface area contributed by atoms with Crippen LogP contribution in [0, 0.1) is 11.8 Å². The maximum absolute atomic E-state index is 12.1. The van der Waals surface area contributed by atoms with Gasteiger partial charge in [-0.15, -0.1) is 11.3 Å². The van der Waals surface area contributed by atoms with Gasteiger partial charge in [0.25, 0.3) is 5.91 Å². The van der Waals surface area contributed by atoms with Crippen molar-refractivity contribution in [3.8, 4) is 11.8 Å². The van der Waals surface area contributed by atoms with E-state index in [1.54, 1.807) is 5.38 Å². The van der Waals surface area contributed by atoms with Crippen LogP contribution in [0.4, 0.5) is 13.2 Å². The molecule has 0 aliphatic rings. The molecule has 3 nitrogen and oxygen atoms in total. The fourth-order valence-electron chi connectivity index (χ4n) is 1.43. The number of aliphatic hydroxyl groups is 1. The minimum Gasteiger partial charge on any atom is -0.395 e. The summed E-state index contributed by atoms with van der Waals surface area (Å²) >= 11 is 1.23. The van der Waals surface area contributed by atoms with E-state index < -0.39 is 24.5 Å². The van der Waals surface area contributed by atoms with Gasteiger partial charge in [0.2, 0.25) is 0 Å². The monoisotopic (exact) mass is 305 g/mol. The van der Waals surface area contributed by atoms with Gasteiger partial charge in [-0.2, -0.15) is 13.2 Å². The fraction of sp³-hybridized carbons (Fsp3) is 0.462. The highest BCUT2D eigenvalue weighted by molar-refractivity contribution is 7.10. The lowest BCUT2D eigenvalue weighted by Gasteiger charge is -2.15. The summed E-state index contributed by atoms with van der Waals surface area (Å²) in [6, 6.07) is 0.538. The van der Waals surface area contributed by atoms with Crippen LogP contribution in [0.1, 0.15) is 35.0 Å². The van der Waals surface area contributed by atoms with Gasteiger partial charge in [-0.05, 0) is 13.0 Å². The zero-order valence-corrected chi connectivity index (χ0v) is 11.6. The largest absolute Gasteiger partial charge is 0.395 e. The predicted molar refractivity (Wildman–Crippen MR) is 70.5 cm³/mol. The zero-order chi connectivity index (χ0) is 15.2. The quantitative estimate of drug-likeness (QED) is 0.840. The number of nitrogens with one attached hydrogen (secondary N) is 1. The molecule has 0 bridgehead atoms. The molecular weight excluding hydrogens is 291 g/mol. The third-order valence-corrected chi connectivity index (χ3v) is 3.07. The minimum atomic E-state index is -4.30. The molecule has 2 N–H and O–H groups in total. The molecule has 1 heterocycles. The number of carbonyl (C=O) groups excluding carboxylic acids is 1. The Morgan fingerprint density at radius 2 is 2.25 bits per heavy atom. The SMILES string of the molecule is CC(CC(F)(F)F)NC(=O)c1csc(C#CCCO)c1. The number of amides is 1. The Morgan fingerprint density at radius 1 is 1.55 bits per heavy atom. The first-order valence-corrected chi connectivity index (χ1v) is 6.75. The number of halogens is 3. The molecule has 0 saturated carbocycles. The Morgan fingerprint density at radius 3 is 2.85 bits per heavy atom. The number of thiophene rings is 1. The van der Waals surface area contributed by atoms with Crippen molar-refractivity contribution >= 4 is 17.2 Å². The molecule has 1 rings (SSSR count). The van der Waals surface area contributed by atoms with Crippen molar-refractivity contribution in [3.63, 3.8) is 0 Å². The van der Waals surface area contributed by atoms with Crippen LogP contribution in [0.25, 0.3) is 0 Å². The molecular formula is C13H14F3NO2S. The summed E-state index contributed by atoms with van der Waals surface area (Å²) in [5.41, 5.74) is 0.289. The lowest BCUT2D eigenvalue weighted by Crippen LogP contribution is -2.35. The van der Waals surface area contributed by atoms with Gasteiger partial charge in [-0.1, -0.05) is 11.8 Å². The third-order valence-electron chi connectivity index (χ3n) is 2.23. The average molecular weight is 305 g/mol. The smallest absolute Gasteiger partial charge is 0.391 e. The lowest BCUT2D eigenvalue weighted by molar-refractivity contribution is -0.138. The standard InChI is InChI=1S/C13H14F3NO2S/c1-9(7-13(14,15)16)17-12(19)10-6-11(20-8-10)4-2-3-5-18/h6,8-9,18H,3,5,7H2,1H3,(H,17,19). The number of alkyl halides is 3. The maximum Gasteiger partial charge on any atom is 0.391 e. The summed E-state index contributed by atoms with van der Waals surface area (Å²) in [5.74, 6) is 4.92. The number of carbonyl (C=O) groups is 1. The van der Waals surface area contributed by atoms with Crippen molar-refractivity contribution in [2.24, 2.45) is 0 Å². The van der Waals surface area contributed by atoms with Gasteiger partial charge in [0.1, 0.15) is 0 Å². The van der Waals surface area contributed by atoms with E-state index in [2.05, 4.69) is 17.2 Å². The summed E-state index contributed by atoms with van der Waals surface area (Å²) in [6.07, 6.45) is -5.03. The Bertz CT molecular complexity index is 514. The van der Waals surface area contributed by atoms with E-state index in [4.69, 9.17) is 5.11 Å². The average Bonchev–Trinajstić information content (AvgIpc) is 2.75. The lowest BCUT2D eigenvalue weighted by atomic mass is 10.2. The zero-order valence-electron chi connectivity index (χ0n) is 10.8. The highest BCUT2D eigenvalue weighted by atomic mass is 32.1. The summed E-state index contributed by atoms with van der Waals surface area (Å²) in [7, 11) is 0. The molecule has 20 heavy (non-hydrogen) atoms. The van der Waals surface area contributed by atoms with Crippen molar-refractivity contribution in [2.75, 3.05) is 6.61 Å². The van der Waals surface area contributed by atoms with E-state index in [1.165, 1.54) is 24.3 Å². The van der Waals surface area contributed by atoms with Crippen molar-refractivity contribution < 1.29 is 23.1 Å². The van der Waals surface area contributed by atoms with Crippen LogP contribution in [0.3, 0.4) is 0 Å². The molecule has 0 spiro atoms. The van der Waals surface area contributed by atoms with Gasteiger partial charge in [-0.3, -0.25) is 4.79 Å². The van der Waals surface area contributed by atoms with Crippen LogP contribution in [-0.4, -0.2) is 29.8 Å². The first kappa shape index (κ1) is 16.5. The van der Waals surface area contributed by atoms with Crippen molar-refractivity contribution in [2.45, 2.75) is 32.0 Å². The molecule has 1 aromatic rings. The van der Waals surface area contributed by atoms with E-state index in [0.29, 0.717) is 11.3 Å². The van der Waals surface area contributed by atoms with Gasteiger partial charge >= 0.3 is 6.18 Å². The molecule has 0 aromatic carbocycles. The highest BCUT2D eigenvalue weighted by Gasteiger charge is 2.30. The van der Waals surface area contributed by atoms with Crippen molar-refractivity contribution in [1.82, 2.24) is 5.32 Å². The predicted octanol–water partition coefficient (Wildman–Crippen LogP) is 2.55. The molecule has 110 valence electrons. The molecule has 0 fully saturated rings. The second kappa shape index (κ2) is 7.31. The van der Waals surface area contributed by atoms with Crippen LogP contribution in [0.5, 0.6) is 0 Å². The second-order valence-electron chi connectivity index (χ2n) is 4.17. The van der Waals surface area contributed by atoms with E-state index in [0.717, 1.165) is 0 Å². The molecule has 1 amide bonds. The van der Waals surface area contributed by atoms with Crippen molar-refractivity contribution in [3.05, 3.63) is 21.9 Å². The first-order valence-electron chi connectivity index (χ1n) is 5.87. The Balaban J connectivity index is 2.59. The Hall–Kier alpha value is -1.52. The number of hydrogen-bond acceptors (Lipinski definition) is 3. The molecule has 0 aliphatic carbocycles. The van der Waals surface area contributed by atoms with Crippen LogP contribution >= 0.6 is 11.3 Å². The highest BCUT2D eigenvalue weighted by Crippen LogP contribution is 2.21. The van der Waals surface area contributed by atoms with E-state index >= 15 is 0 Å². The topological polar surface area (TPSA) is 49.3 Å². The summed E-state index contributed by atoms with van der Waals surface area (Å²) < 4.78 is 36.4. The first-order chi connectivity index (χ1) is 9.31. The van der Waals surface area contributed by atoms with E-state index in [1.807, 2.05) is 0 Å². The van der Waals surface area contributed by atoms with Gasteiger partial charge in [-0.25, -0.2) is 0 Å². The number of hydrogen-bond donors (Lipinski definition) is 2.